The molecule has 1 heterocycles. The predicted molar refractivity (Wildman–Crippen MR) is 118 cm³/mol. The largest absolute Gasteiger partial charge is 0.467 e. The number of esters is 1. The van der Waals surface area contributed by atoms with Crippen LogP contribution in [0.1, 0.15) is 41.2 Å². The monoisotopic (exact) mass is 519 g/mol. The van der Waals surface area contributed by atoms with Crippen molar-refractivity contribution in [1.82, 2.24) is 5.32 Å². The van der Waals surface area contributed by atoms with Gasteiger partial charge in [-0.25, -0.2) is 4.79 Å². The molecule has 0 spiro atoms. The Morgan fingerprint density at radius 1 is 0.944 bits per heavy atom. The molecule has 1 saturated heterocycles. The molecular formula is C25H27F6NO4. The lowest BCUT2D eigenvalue weighted by Crippen LogP contribution is -2.44. The van der Waals surface area contributed by atoms with Crippen LogP contribution in [0.5, 0.6) is 0 Å². The summed E-state index contributed by atoms with van der Waals surface area (Å²) in [5.41, 5.74) is -3.18. The topological polar surface area (TPSA) is 56.8 Å². The summed E-state index contributed by atoms with van der Waals surface area (Å²) in [4.78, 5) is 12.4. The van der Waals surface area contributed by atoms with E-state index in [2.05, 4.69) is 5.32 Å². The maximum Gasteiger partial charge on any atom is 0.416 e. The lowest BCUT2D eigenvalue weighted by Gasteiger charge is -2.39. The average molecular weight is 519 g/mol. The molecule has 1 N–H and O–H groups in total. The highest BCUT2D eigenvalue weighted by molar-refractivity contribution is 5.75. The van der Waals surface area contributed by atoms with Gasteiger partial charge < -0.3 is 19.5 Å². The van der Waals surface area contributed by atoms with Gasteiger partial charge in [0.05, 0.1) is 24.8 Å². The standard InChI is InChI=1S/C25H27F6NO4/c1-34-21(22(33)35-2)20(16-12-18(24(26,27)28)14-19(13-16)25(29,30)31)36-15-23(8-10-32-11-9-23)17-6-4-3-5-7-17/h3-7,12-14,20-21,32H,8-11,15H2,1-2H3. The third-order valence-electron chi connectivity index (χ3n) is 6.39. The fourth-order valence-corrected chi connectivity index (χ4v) is 4.42. The normalized spacial score (nSPS) is 17.9. The minimum atomic E-state index is -5.06. The number of halogens is 6. The van der Waals surface area contributed by atoms with E-state index in [1.165, 1.54) is 0 Å². The van der Waals surface area contributed by atoms with E-state index in [0.29, 0.717) is 38.1 Å². The summed E-state index contributed by atoms with van der Waals surface area (Å²) in [6.07, 6.45) is -12.1. The lowest BCUT2D eigenvalue weighted by atomic mass is 9.74. The Hall–Kier alpha value is -2.63. The van der Waals surface area contributed by atoms with Crippen LogP contribution < -0.4 is 5.32 Å². The van der Waals surface area contributed by atoms with Gasteiger partial charge in [-0.05, 0) is 55.3 Å². The Labute approximate surface area is 204 Å². The molecule has 0 aromatic heterocycles. The highest BCUT2D eigenvalue weighted by atomic mass is 19.4. The van der Waals surface area contributed by atoms with Gasteiger partial charge in [0.15, 0.2) is 6.10 Å². The van der Waals surface area contributed by atoms with Crippen LogP contribution in [0.3, 0.4) is 0 Å². The van der Waals surface area contributed by atoms with Crippen LogP contribution in [0.15, 0.2) is 48.5 Å². The molecular weight excluding hydrogens is 492 g/mol. The molecule has 11 heteroatoms. The summed E-state index contributed by atoms with van der Waals surface area (Å²) < 4.78 is 97.1. The summed E-state index contributed by atoms with van der Waals surface area (Å²) in [7, 11) is 2.14. The Kier molecular flexibility index (Phi) is 8.68. The van der Waals surface area contributed by atoms with Crippen molar-refractivity contribution >= 4 is 5.97 Å². The van der Waals surface area contributed by atoms with Crippen molar-refractivity contribution in [2.75, 3.05) is 33.9 Å². The predicted octanol–water partition coefficient (Wildman–Crippen LogP) is 5.29. The minimum Gasteiger partial charge on any atom is -0.467 e. The number of rotatable bonds is 8. The summed E-state index contributed by atoms with van der Waals surface area (Å²) in [6, 6.07) is 10.4. The number of ether oxygens (including phenoxy) is 3. The third kappa shape index (κ3) is 6.37. The number of hydrogen-bond donors (Lipinski definition) is 1. The molecule has 2 aromatic carbocycles. The van der Waals surface area contributed by atoms with Gasteiger partial charge in [0.2, 0.25) is 0 Å². The van der Waals surface area contributed by atoms with Crippen LogP contribution in [0, 0.1) is 0 Å². The molecule has 2 aromatic rings. The smallest absolute Gasteiger partial charge is 0.416 e. The Morgan fingerprint density at radius 3 is 1.97 bits per heavy atom. The summed E-state index contributed by atoms with van der Waals surface area (Å²) in [6.45, 7) is 1.20. The fourth-order valence-electron chi connectivity index (χ4n) is 4.42. The molecule has 2 atom stereocenters. The van der Waals surface area contributed by atoms with Crippen molar-refractivity contribution in [3.8, 4) is 0 Å². The first-order chi connectivity index (χ1) is 16.9. The number of hydrogen-bond acceptors (Lipinski definition) is 5. The first-order valence-corrected chi connectivity index (χ1v) is 11.2. The van der Waals surface area contributed by atoms with Crippen LogP contribution in [-0.2, 0) is 36.8 Å². The van der Waals surface area contributed by atoms with Gasteiger partial charge in [0, 0.05) is 12.5 Å². The van der Waals surface area contributed by atoms with E-state index < -0.39 is 52.6 Å². The molecule has 3 rings (SSSR count). The molecule has 0 bridgehead atoms. The van der Waals surface area contributed by atoms with Crippen LogP contribution in [0.25, 0.3) is 0 Å². The molecule has 0 amide bonds. The van der Waals surface area contributed by atoms with Gasteiger partial charge in [-0.15, -0.1) is 0 Å². The molecule has 198 valence electrons. The van der Waals surface area contributed by atoms with Crippen molar-refractivity contribution in [2.24, 2.45) is 0 Å². The quantitative estimate of drug-likeness (QED) is 0.380. The van der Waals surface area contributed by atoms with E-state index in [1.54, 1.807) is 0 Å². The average Bonchev–Trinajstić information content (AvgIpc) is 2.86. The fraction of sp³-hybridized carbons (Fsp3) is 0.480. The van der Waals surface area contributed by atoms with Gasteiger partial charge in [-0.1, -0.05) is 30.3 Å². The van der Waals surface area contributed by atoms with E-state index >= 15 is 0 Å². The van der Waals surface area contributed by atoms with Gasteiger partial charge >= 0.3 is 18.3 Å². The molecule has 5 nitrogen and oxygen atoms in total. The Morgan fingerprint density at radius 2 is 1.50 bits per heavy atom. The first kappa shape index (κ1) is 27.9. The van der Waals surface area contributed by atoms with E-state index in [4.69, 9.17) is 14.2 Å². The molecule has 1 fully saturated rings. The van der Waals surface area contributed by atoms with Crippen molar-refractivity contribution in [3.63, 3.8) is 0 Å². The van der Waals surface area contributed by atoms with Crippen molar-refractivity contribution in [1.29, 1.82) is 0 Å². The third-order valence-corrected chi connectivity index (χ3v) is 6.39. The van der Waals surface area contributed by atoms with E-state index in [0.717, 1.165) is 19.8 Å². The number of nitrogens with one attached hydrogen (secondary N) is 1. The maximum absolute atomic E-state index is 13.5. The van der Waals surface area contributed by atoms with Gasteiger partial charge in [-0.3, -0.25) is 0 Å². The molecule has 0 radical (unpaired) electrons. The maximum atomic E-state index is 13.5. The van der Waals surface area contributed by atoms with Crippen LogP contribution in [-0.4, -0.2) is 46.0 Å². The SMILES string of the molecule is COC(=O)C(OC)C(OCC1(c2ccccc2)CCNCC1)c1cc(C(F)(F)F)cc(C(F)(F)F)c1. The van der Waals surface area contributed by atoms with E-state index in [9.17, 15) is 31.1 Å². The lowest BCUT2D eigenvalue weighted by molar-refractivity contribution is -0.165. The Bertz CT molecular complexity index is 987. The molecule has 0 saturated carbocycles. The van der Waals surface area contributed by atoms with Crippen molar-refractivity contribution < 1.29 is 45.3 Å². The van der Waals surface area contributed by atoms with Crippen molar-refractivity contribution in [2.45, 2.75) is 42.8 Å². The summed E-state index contributed by atoms with van der Waals surface area (Å²) >= 11 is 0. The zero-order chi connectivity index (χ0) is 26.6. The van der Waals surface area contributed by atoms with Crippen LogP contribution in [0.4, 0.5) is 26.3 Å². The van der Waals surface area contributed by atoms with Crippen LogP contribution in [0.2, 0.25) is 0 Å². The molecule has 2 unspecified atom stereocenters. The zero-order valence-corrected chi connectivity index (χ0v) is 19.7. The number of piperidine rings is 1. The number of methoxy groups -OCH3 is 2. The summed E-state index contributed by atoms with van der Waals surface area (Å²) in [5, 5.41) is 3.23. The Balaban J connectivity index is 2.09. The van der Waals surface area contributed by atoms with Crippen LogP contribution >= 0.6 is 0 Å². The van der Waals surface area contributed by atoms with Gasteiger partial charge in [0.1, 0.15) is 6.10 Å². The molecule has 0 aliphatic carbocycles. The second-order valence-corrected chi connectivity index (χ2v) is 8.65. The summed E-state index contributed by atoms with van der Waals surface area (Å²) in [5.74, 6) is -0.993. The molecule has 1 aliphatic heterocycles. The van der Waals surface area contributed by atoms with Gasteiger partial charge in [0.25, 0.3) is 0 Å². The highest BCUT2D eigenvalue weighted by Crippen LogP contribution is 2.41. The minimum absolute atomic E-state index is 0.0266. The van der Waals surface area contributed by atoms with E-state index in [-0.39, 0.29) is 12.7 Å². The second kappa shape index (κ2) is 11.2. The molecule has 36 heavy (non-hydrogen) atoms. The second-order valence-electron chi connectivity index (χ2n) is 8.65. The highest BCUT2D eigenvalue weighted by Gasteiger charge is 2.42. The number of carbonyl (C=O) groups excluding carboxylic acids is 1. The van der Waals surface area contributed by atoms with Crippen molar-refractivity contribution in [3.05, 3.63) is 70.8 Å². The van der Waals surface area contributed by atoms with Gasteiger partial charge in [-0.2, -0.15) is 26.3 Å². The first-order valence-electron chi connectivity index (χ1n) is 11.2. The number of alkyl halides is 6. The van der Waals surface area contributed by atoms with E-state index in [1.807, 2.05) is 30.3 Å². The molecule has 1 aliphatic rings. The zero-order valence-electron chi connectivity index (χ0n) is 19.7. The number of carbonyl (C=O) groups is 1. The number of benzene rings is 2.